The van der Waals surface area contributed by atoms with Gasteiger partial charge in [0.1, 0.15) is 5.75 Å². The average molecular weight is 290 g/mol. The Morgan fingerprint density at radius 2 is 2.00 bits per heavy atom. The number of aryl methyl sites for hydroxylation is 1. The zero-order valence-electron chi connectivity index (χ0n) is 12.2. The van der Waals surface area contributed by atoms with Crippen LogP contribution in [0, 0.1) is 0 Å². The minimum Gasteiger partial charge on any atom is -0.493 e. The highest BCUT2D eigenvalue weighted by atomic mass is 32.1. The van der Waals surface area contributed by atoms with Crippen molar-refractivity contribution in [3.05, 3.63) is 45.9 Å². The molecule has 0 saturated heterocycles. The highest BCUT2D eigenvalue weighted by Gasteiger charge is 2.02. The van der Waals surface area contributed by atoms with E-state index in [2.05, 4.69) is 41.7 Å². The van der Waals surface area contributed by atoms with Crippen molar-refractivity contribution in [2.75, 3.05) is 13.2 Å². The van der Waals surface area contributed by atoms with E-state index >= 15 is 0 Å². The summed E-state index contributed by atoms with van der Waals surface area (Å²) in [5, 5.41) is 6.54. The molecule has 0 aliphatic rings. The van der Waals surface area contributed by atoms with Gasteiger partial charge in [-0.15, -0.1) is 11.3 Å². The molecule has 1 aromatic carbocycles. The number of nitrogens with zero attached hydrogens (tertiary/aromatic N) is 1. The Bertz CT molecular complexity index is 507. The van der Waals surface area contributed by atoms with Crippen molar-refractivity contribution >= 4 is 11.3 Å². The van der Waals surface area contributed by atoms with Crippen LogP contribution in [0.15, 0.2) is 29.6 Å². The van der Waals surface area contributed by atoms with Crippen molar-refractivity contribution in [3.8, 4) is 5.75 Å². The van der Waals surface area contributed by atoms with E-state index in [1.807, 2.05) is 12.1 Å². The molecule has 0 aliphatic carbocycles. The van der Waals surface area contributed by atoms with Crippen molar-refractivity contribution in [3.63, 3.8) is 0 Å². The Kier molecular flexibility index (Phi) is 6.02. The van der Waals surface area contributed by atoms with Crippen LogP contribution in [-0.2, 0) is 19.4 Å². The lowest BCUT2D eigenvalue weighted by atomic mass is 10.2. The zero-order valence-corrected chi connectivity index (χ0v) is 13.0. The van der Waals surface area contributed by atoms with E-state index in [-0.39, 0.29) is 0 Å². The van der Waals surface area contributed by atoms with Gasteiger partial charge in [0.25, 0.3) is 0 Å². The maximum atomic E-state index is 5.75. The maximum absolute atomic E-state index is 5.75. The summed E-state index contributed by atoms with van der Waals surface area (Å²) in [6.45, 7) is 6.77. The summed E-state index contributed by atoms with van der Waals surface area (Å²) in [5.41, 5.74) is 2.46. The van der Waals surface area contributed by atoms with Crippen LogP contribution in [0.3, 0.4) is 0 Å². The van der Waals surface area contributed by atoms with Gasteiger partial charge in [-0.05, 0) is 30.7 Å². The molecular formula is C16H22N2OS. The SMILES string of the molecule is CCNCc1csc(CCOc2ccc(CC)cc2)n1. The molecule has 2 aromatic rings. The summed E-state index contributed by atoms with van der Waals surface area (Å²) in [7, 11) is 0. The van der Waals surface area contributed by atoms with Crippen LogP contribution in [-0.4, -0.2) is 18.1 Å². The number of ether oxygens (including phenoxy) is 1. The molecule has 4 heteroatoms. The van der Waals surface area contributed by atoms with Gasteiger partial charge in [0, 0.05) is 18.3 Å². The monoisotopic (exact) mass is 290 g/mol. The van der Waals surface area contributed by atoms with Gasteiger partial charge >= 0.3 is 0 Å². The molecule has 0 bridgehead atoms. The molecule has 0 atom stereocenters. The quantitative estimate of drug-likeness (QED) is 0.808. The van der Waals surface area contributed by atoms with Crippen molar-refractivity contribution in [2.45, 2.75) is 33.2 Å². The van der Waals surface area contributed by atoms with Crippen molar-refractivity contribution < 1.29 is 4.74 Å². The standard InChI is InChI=1S/C16H22N2OS/c1-3-13-5-7-15(8-6-13)19-10-9-16-18-14(12-20-16)11-17-4-2/h5-8,12,17H,3-4,9-11H2,1-2H3. The zero-order chi connectivity index (χ0) is 14.2. The van der Waals surface area contributed by atoms with Gasteiger partial charge in [-0.3, -0.25) is 0 Å². The Balaban J connectivity index is 1.75. The second-order valence-corrected chi connectivity index (χ2v) is 5.55. The Morgan fingerprint density at radius 3 is 2.70 bits per heavy atom. The summed E-state index contributed by atoms with van der Waals surface area (Å²) in [5.74, 6) is 0.937. The minimum absolute atomic E-state index is 0.680. The molecule has 0 radical (unpaired) electrons. The molecule has 0 unspecified atom stereocenters. The van der Waals surface area contributed by atoms with E-state index in [9.17, 15) is 0 Å². The molecule has 0 fully saturated rings. The van der Waals surface area contributed by atoms with E-state index in [0.717, 1.165) is 42.4 Å². The van der Waals surface area contributed by atoms with Crippen molar-refractivity contribution in [1.29, 1.82) is 0 Å². The lowest BCUT2D eigenvalue weighted by molar-refractivity contribution is 0.321. The summed E-state index contributed by atoms with van der Waals surface area (Å²) in [4.78, 5) is 4.58. The summed E-state index contributed by atoms with van der Waals surface area (Å²) >= 11 is 1.71. The highest BCUT2D eigenvalue weighted by molar-refractivity contribution is 7.09. The molecule has 1 N–H and O–H groups in total. The van der Waals surface area contributed by atoms with E-state index in [1.54, 1.807) is 11.3 Å². The van der Waals surface area contributed by atoms with Gasteiger partial charge in [-0.25, -0.2) is 4.98 Å². The maximum Gasteiger partial charge on any atom is 0.119 e. The van der Waals surface area contributed by atoms with Crippen molar-refractivity contribution in [2.24, 2.45) is 0 Å². The topological polar surface area (TPSA) is 34.1 Å². The fourth-order valence-electron chi connectivity index (χ4n) is 1.88. The first-order chi connectivity index (χ1) is 9.81. The normalized spacial score (nSPS) is 10.7. The molecule has 2 rings (SSSR count). The second kappa shape index (κ2) is 8.02. The number of benzene rings is 1. The summed E-state index contributed by atoms with van der Waals surface area (Å²) < 4.78 is 5.75. The van der Waals surface area contributed by atoms with Gasteiger partial charge in [0.15, 0.2) is 0 Å². The molecule has 20 heavy (non-hydrogen) atoms. The average Bonchev–Trinajstić information content (AvgIpc) is 2.94. The highest BCUT2D eigenvalue weighted by Crippen LogP contribution is 2.14. The van der Waals surface area contributed by atoms with Crippen LogP contribution in [0.2, 0.25) is 0 Å². The molecular weight excluding hydrogens is 268 g/mol. The lowest BCUT2D eigenvalue weighted by Gasteiger charge is -2.05. The van der Waals surface area contributed by atoms with Gasteiger partial charge in [0.05, 0.1) is 17.3 Å². The number of aromatic nitrogens is 1. The smallest absolute Gasteiger partial charge is 0.119 e. The molecule has 0 spiro atoms. The number of hydrogen-bond donors (Lipinski definition) is 1. The Hall–Kier alpha value is -1.39. The van der Waals surface area contributed by atoms with Gasteiger partial charge < -0.3 is 10.1 Å². The summed E-state index contributed by atoms with van der Waals surface area (Å²) in [6.07, 6.45) is 1.93. The van der Waals surface area contributed by atoms with Crippen LogP contribution in [0.5, 0.6) is 5.75 Å². The molecule has 3 nitrogen and oxygen atoms in total. The van der Waals surface area contributed by atoms with E-state index in [1.165, 1.54) is 5.56 Å². The van der Waals surface area contributed by atoms with Crippen LogP contribution in [0.4, 0.5) is 0 Å². The van der Waals surface area contributed by atoms with Gasteiger partial charge in [-0.1, -0.05) is 26.0 Å². The van der Waals surface area contributed by atoms with Crippen LogP contribution >= 0.6 is 11.3 Å². The molecule has 0 amide bonds. The third-order valence-corrected chi connectivity index (χ3v) is 4.03. The van der Waals surface area contributed by atoms with Crippen LogP contribution in [0.25, 0.3) is 0 Å². The molecule has 0 saturated carbocycles. The molecule has 0 aliphatic heterocycles. The van der Waals surface area contributed by atoms with E-state index in [0.29, 0.717) is 6.61 Å². The van der Waals surface area contributed by atoms with Crippen LogP contribution < -0.4 is 10.1 Å². The molecule has 1 heterocycles. The fraction of sp³-hybridized carbons (Fsp3) is 0.438. The minimum atomic E-state index is 0.680. The fourth-order valence-corrected chi connectivity index (χ4v) is 2.65. The van der Waals surface area contributed by atoms with Crippen LogP contribution in [0.1, 0.15) is 30.1 Å². The lowest BCUT2D eigenvalue weighted by Crippen LogP contribution is -2.12. The van der Waals surface area contributed by atoms with Gasteiger partial charge in [0.2, 0.25) is 0 Å². The summed E-state index contributed by atoms with van der Waals surface area (Å²) in [6, 6.07) is 8.31. The first-order valence-corrected chi connectivity index (χ1v) is 8.05. The Morgan fingerprint density at radius 1 is 1.20 bits per heavy atom. The predicted octanol–water partition coefficient (Wildman–Crippen LogP) is 3.44. The largest absolute Gasteiger partial charge is 0.493 e. The first kappa shape index (κ1) is 15.0. The third kappa shape index (κ3) is 4.62. The van der Waals surface area contributed by atoms with Gasteiger partial charge in [-0.2, -0.15) is 0 Å². The molecule has 108 valence electrons. The van der Waals surface area contributed by atoms with Crippen molar-refractivity contribution in [1.82, 2.24) is 10.3 Å². The van der Waals surface area contributed by atoms with E-state index in [4.69, 9.17) is 4.74 Å². The number of nitrogens with one attached hydrogen (secondary N) is 1. The molecule has 1 aromatic heterocycles. The van der Waals surface area contributed by atoms with E-state index < -0.39 is 0 Å². The third-order valence-electron chi connectivity index (χ3n) is 3.07. The Labute approximate surface area is 125 Å². The first-order valence-electron chi connectivity index (χ1n) is 7.17. The number of thiazole rings is 1. The number of rotatable bonds is 8. The number of hydrogen-bond acceptors (Lipinski definition) is 4. The predicted molar refractivity (Wildman–Crippen MR) is 84.5 cm³/mol. The second-order valence-electron chi connectivity index (χ2n) is 4.61.